The molecule has 102 valence electrons. The normalized spacial score (nSPS) is 10.5. The third-order valence-corrected chi connectivity index (χ3v) is 4.44. The first-order valence-corrected chi connectivity index (χ1v) is 7.99. The fraction of sp³-hybridized carbons (Fsp3) is 0.357. The summed E-state index contributed by atoms with van der Waals surface area (Å²) < 4.78 is 1.15. The highest BCUT2D eigenvalue weighted by molar-refractivity contribution is 9.10. The molecule has 0 bridgehead atoms. The van der Waals surface area contributed by atoms with Gasteiger partial charge in [-0.25, -0.2) is 0 Å². The van der Waals surface area contributed by atoms with Crippen LogP contribution in [0.1, 0.15) is 18.2 Å². The van der Waals surface area contributed by atoms with Crippen LogP contribution in [-0.4, -0.2) is 18.6 Å². The predicted octanol–water partition coefficient (Wildman–Crippen LogP) is 4.36. The Bertz CT molecular complexity index is 527. The third kappa shape index (κ3) is 4.21. The summed E-state index contributed by atoms with van der Waals surface area (Å²) in [5, 5.41) is 5.48. The maximum absolute atomic E-state index is 4.30. The lowest BCUT2D eigenvalue weighted by Gasteiger charge is -2.19. The van der Waals surface area contributed by atoms with Crippen LogP contribution in [0.15, 0.2) is 34.4 Å². The Balaban J connectivity index is 2.03. The van der Waals surface area contributed by atoms with E-state index in [0.29, 0.717) is 0 Å². The summed E-state index contributed by atoms with van der Waals surface area (Å²) >= 11 is 5.25. The van der Waals surface area contributed by atoms with E-state index in [2.05, 4.69) is 62.6 Å². The summed E-state index contributed by atoms with van der Waals surface area (Å²) in [7, 11) is 2.09. The minimum atomic E-state index is 0.898. The molecule has 0 saturated heterocycles. The molecule has 0 aromatic carbocycles. The number of nitrogens with one attached hydrogen (secondary N) is 1. The van der Waals surface area contributed by atoms with Crippen molar-refractivity contribution in [2.75, 3.05) is 23.8 Å². The second kappa shape index (κ2) is 6.91. The van der Waals surface area contributed by atoms with Crippen LogP contribution in [0.4, 0.5) is 11.4 Å². The largest absolute Gasteiger partial charge is 0.384 e. The molecule has 19 heavy (non-hydrogen) atoms. The van der Waals surface area contributed by atoms with Crippen LogP contribution in [0, 0.1) is 0 Å². The van der Waals surface area contributed by atoms with Gasteiger partial charge in [-0.3, -0.25) is 4.98 Å². The van der Waals surface area contributed by atoms with Gasteiger partial charge in [0.15, 0.2) is 0 Å². The van der Waals surface area contributed by atoms with E-state index in [1.54, 1.807) is 11.3 Å². The van der Waals surface area contributed by atoms with Gasteiger partial charge in [0.05, 0.1) is 30.3 Å². The van der Waals surface area contributed by atoms with Gasteiger partial charge in [0.25, 0.3) is 0 Å². The van der Waals surface area contributed by atoms with E-state index in [1.807, 2.05) is 12.4 Å². The Morgan fingerprint density at radius 1 is 1.37 bits per heavy atom. The maximum Gasteiger partial charge on any atom is 0.0574 e. The Labute approximate surface area is 126 Å². The molecule has 3 nitrogen and oxygen atoms in total. The second-order valence-electron chi connectivity index (χ2n) is 4.45. The molecule has 0 aliphatic heterocycles. The number of hydrogen-bond acceptors (Lipinski definition) is 4. The topological polar surface area (TPSA) is 28.2 Å². The minimum Gasteiger partial charge on any atom is -0.384 e. The highest BCUT2D eigenvalue weighted by atomic mass is 79.9. The molecule has 2 rings (SSSR count). The Morgan fingerprint density at radius 3 is 2.89 bits per heavy atom. The third-order valence-electron chi connectivity index (χ3n) is 2.76. The van der Waals surface area contributed by atoms with Crippen molar-refractivity contribution in [1.82, 2.24) is 4.98 Å². The first-order chi connectivity index (χ1) is 9.19. The van der Waals surface area contributed by atoms with E-state index in [4.69, 9.17) is 0 Å². The van der Waals surface area contributed by atoms with E-state index in [0.717, 1.165) is 35.4 Å². The van der Waals surface area contributed by atoms with Gasteiger partial charge >= 0.3 is 0 Å². The van der Waals surface area contributed by atoms with Crippen molar-refractivity contribution < 1.29 is 0 Å². The molecule has 0 amide bonds. The minimum absolute atomic E-state index is 0.898. The fourth-order valence-electron chi connectivity index (χ4n) is 1.76. The molecule has 0 atom stereocenters. The highest BCUT2D eigenvalue weighted by Gasteiger charge is 2.05. The van der Waals surface area contributed by atoms with E-state index in [9.17, 15) is 0 Å². The first-order valence-electron chi connectivity index (χ1n) is 6.32. The fourth-order valence-corrected chi connectivity index (χ4v) is 3.27. The summed E-state index contributed by atoms with van der Waals surface area (Å²) in [6, 6.07) is 4.30. The molecule has 0 spiro atoms. The van der Waals surface area contributed by atoms with E-state index in [1.165, 1.54) is 4.88 Å². The molecule has 1 N–H and O–H groups in total. The van der Waals surface area contributed by atoms with Crippen molar-refractivity contribution in [2.24, 2.45) is 0 Å². The molecular formula is C14H18BrN3S. The van der Waals surface area contributed by atoms with Gasteiger partial charge in [-0.15, -0.1) is 11.3 Å². The van der Waals surface area contributed by atoms with E-state index < -0.39 is 0 Å². The van der Waals surface area contributed by atoms with E-state index >= 15 is 0 Å². The zero-order valence-electron chi connectivity index (χ0n) is 11.2. The molecule has 2 heterocycles. The Kier molecular flexibility index (Phi) is 5.22. The van der Waals surface area contributed by atoms with Crippen LogP contribution in [0.25, 0.3) is 0 Å². The van der Waals surface area contributed by atoms with Gasteiger partial charge in [-0.1, -0.05) is 6.92 Å². The van der Waals surface area contributed by atoms with Crippen molar-refractivity contribution in [3.8, 4) is 0 Å². The summed E-state index contributed by atoms with van der Waals surface area (Å²) in [6.45, 7) is 4.03. The lowest BCUT2D eigenvalue weighted by atomic mass is 10.3. The van der Waals surface area contributed by atoms with Crippen molar-refractivity contribution in [1.29, 1.82) is 0 Å². The zero-order valence-corrected chi connectivity index (χ0v) is 13.6. The van der Waals surface area contributed by atoms with Crippen molar-refractivity contribution >= 4 is 38.6 Å². The monoisotopic (exact) mass is 339 g/mol. The Hall–Kier alpha value is -1.07. The summed E-state index contributed by atoms with van der Waals surface area (Å²) in [5.74, 6) is 0. The molecule has 0 aliphatic rings. The first kappa shape index (κ1) is 14.3. The molecule has 0 saturated carbocycles. The average molecular weight is 340 g/mol. The quantitative estimate of drug-likeness (QED) is 0.847. The van der Waals surface area contributed by atoms with Crippen LogP contribution in [0.2, 0.25) is 0 Å². The zero-order chi connectivity index (χ0) is 13.7. The number of nitrogens with zero attached hydrogens (tertiary/aromatic N) is 2. The smallest absolute Gasteiger partial charge is 0.0574 e. The molecule has 0 radical (unpaired) electrons. The van der Waals surface area contributed by atoms with Gasteiger partial charge in [-0.05, 0) is 34.5 Å². The number of halogens is 1. The van der Waals surface area contributed by atoms with Crippen LogP contribution < -0.4 is 10.2 Å². The summed E-state index contributed by atoms with van der Waals surface area (Å²) in [4.78, 5) is 7.84. The highest BCUT2D eigenvalue weighted by Crippen LogP contribution is 2.24. The maximum atomic E-state index is 4.30. The molecular weight excluding hydrogens is 322 g/mol. The average Bonchev–Trinajstić information content (AvgIpc) is 2.82. The van der Waals surface area contributed by atoms with Gasteiger partial charge in [0.2, 0.25) is 0 Å². The lowest BCUT2D eigenvalue weighted by Crippen LogP contribution is -2.16. The SMILES string of the molecule is CCCNc1cncc(N(C)Cc2cc(Br)cs2)c1. The second-order valence-corrected chi connectivity index (χ2v) is 6.36. The number of anilines is 2. The molecule has 2 aromatic rings. The van der Waals surface area contributed by atoms with Gasteiger partial charge in [0, 0.05) is 28.3 Å². The van der Waals surface area contributed by atoms with Gasteiger partial charge in [0.1, 0.15) is 0 Å². The van der Waals surface area contributed by atoms with Crippen LogP contribution >= 0.6 is 27.3 Å². The summed E-state index contributed by atoms with van der Waals surface area (Å²) in [5.41, 5.74) is 2.21. The van der Waals surface area contributed by atoms with E-state index in [-0.39, 0.29) is 0 Å². The number of pyridine rings is 1. The molecule has 0 fully saturated rings. The molecule has 0 unspecified atom stereocenters. The van der Waals surface area contributed by atoms with Crippen LogP contribution in [0.3, 0.4) is 0 Å². The molecule has 5 heteroatoms. The van der Waals surface area contributed by atoms with Gasteiger partial charge < -0.3 is 10.2 Å². The summed E-state index contributed by atoms with van der Waals surface area (Å²) in [6.07, 6.45) is 4.89. The Morgan fingerprint density at radius 2 is 2.21 bits per heavy atom. The lowest BCUT2D eigenvalue weighted by molar-refractivity contribution is 0.931. The van der Waals surface area contributed by atoms with Crippen molar-refractivity contribution in [2.45, 2.75) is 19.9 Å². The molecule has 0 aliphatic carbocycles. The standard InChI is InChI=1S/C14H18BrN3S/c1-3-4-17-12-6-13(8-16-7-12)18(2)9-14-5-11(15)10-19-14/h5-8,10,17H,3-4,9H2,1-2H3. The number of thiophene rings is 1. The van der Waals surface area contributed by atoms with Crippen LogP contribution in [0.5, 0.6) is 0 Å². The van der Waals surface area contributed by atoms with Gasteiger partial charge in [-0.2, -0.15) is 0 Å². The number of hydrogen-bond donors (Lipinski definition) is 1. The molecule has 2 aromatic heterocycles. The predicted molar refractivity (Wildman–Crippen MR) is 87.1 cm³/mol. The van der Waals surface area contributed by atoms with Crippen LogP contribution in [-0.2, 0) is 6.54 Å². The van der Waals surface area contributed by atoms with Crippen molar-refractivity contribution in [3.63, 3.8) is 0 Å². The van der Waals surface area contributed by atoms with Crippen molar-refractivity contribution in [3.05, 3.63) is 39.3 Å². The number of aromatic nitrogens is 1. The number of rotatable bonds is 6.